The largest absolute Gasteiger partial charge is 0.366 e. The molecule has 1 aromatic carbocycles. The van der Waals surface area contributed by atoms with Gasteiger partial charge in [-0.25, -0.2) is 13.1 Å². The van der Waals surface area contributed by atoms with Crippen molar-refractivity contribution in [2.24, 2.45) is 5.73 Å². The second-order valence-corrected chi connectivity index (χ2v) is 6.01. The van der Waals surface area contributed by atoms with Crippen LogP contribution < -0.4 is 10.5 Å². The summed E-state index contributed by atoms with van der Waals surface area (Å²) in [6, 6.07) is 5.90. The van der Waals surface area contributed by atoms with Gasteiger partial charge in [0, 0.05) is 11.8 Å². The smallest absolute Gasteiger partial charge is 0.249 e. The maximum atomic E-state index is 12.1. The summed E-state index contributed by atoms with van der Waals surface area (Å²) in [5, 5.41) is 6.37. The lowest BCUT2D eigenvalue weighted by atomic mass is 10.1. The summed E-state index contributed by atoms with van der Waals surface area (Å²) < 4.78 is 26.6. The molecule has 0 aliphatic carbocycles. The van der Waals surface area contributed by atoms with E-state index in [-0.39, 0.29) is 17.0 Å². The van der Waals surface area contributed by atoms with Crippen molar-refractivity contribution in [1.82, 2.24) is 14.9 Å². The summed E-state index contributed by atoms with van der Waals surface area (Å²) in [5.74, 6) is -0.659. The number of primary amides is 1. The molecule has 20 heavy (non-hydrogen) atoms. The molecular formula is C12H14N4O3S. The lowest BCUT2D eigenvalue weighted by Crippen LogP contribution is -2.24. The van der Waals surface area contributed by atoms with Crippen molar-refractivity contribution < 1.29 is 13.2 Å². The van der Waals surface area contributed by atoms with Gasteiger partial charge in [0.15, 0.2) is 0 Å². The predicted octanol–water partition coefficient (Wildman–Crippen LogP) is 0.296. The maximum Gasteiger partial charge on any atom is 0.249 e. The van der Waals surface area contributed by atoms with Gasteiger partial charge >= 0.3 is 0 Å². The topological polar surface area (TPSA) is 118 Å². The second kappa shape index (κ2) is 5.43. The zero-order valence-corrected chi connectivity index (χ0v) is 11.6. The number of H-pyrrole nitrogens is 1. The Balaban J connectivity index is 2.25. The number of aromatic nitrogens is 2. The Labute approximate surface area is 116 Å². The minimum absolute atomic E-state index is 0.00332. The van der Waals surface area contributed by atoms with Crippen molar-refractivity contribution in [2.75, 3.05) is 0 Å². The minimum Gasteiger partial charge on any atom is -0.366 e. The average molecular weight is 294 g/mol. The molecule has 0 aliphatic rings. The molecule has 2 rings (SSSR count). The van der Waals surface area contributed by atoms with Gasteiger partial charge < -0.3 is 5.73 Å². The van der Waals surface area contributed by atoms with Gasteiger partial charge in [0.2, 0.25) is 15.9 Å². The number of nitrogens with zero attached hydrogens (tertiary/aromatic N) is 1. The number of carbonyl (C=O) groups excluding carboxylic acids is 1. The first-order chi connectivity index (χ1) is 9.40. The first-order valence-electron chi connectivity index (χ1n) is 5.78. The molecule has 2 aromatic rings. The summed E-state index contributed by atoms with van der Waals surface area (Å²) in [6.07, 6.45) is 1.53. The van der Waals surface area contributed by atoms with Crippen LogP contribution in [-0.4, -0.2) is 24.5 Å². The Hall–Kier alpha value is -2.19. The van der Waals surface area contributed by atoms with E-state index in [2.05, 4.69) is 14.9 Å². The Morgan fingerprint density at radius 2 is 2.15 bits per heavy atom. The van der Waals surface area contributed by atoms with Crippen LogP contribution in [0, 0.1) is 6.92 Å². The number of hydrogen-bond donors (Lipinski definition) is 3. The molecular weight excluding hydrogens is 280 g/mol. The third-order valence-corrected chi connectivity index (χ3v) is 4.19. The molecule has 0 saturated carbocycles. The number of aromatic amines is 1. The molecule has 1 heterocycles. The average Bonchev–Trinajstić information content (AvgIpc) is 2.89. The Morgan fingerprint density at radius 1 is 1.40 bits per heavy atom. The van der Waals surface area contributed by atoms with Gasteiger partial charge in [-0.2, -0.15) is 5.10 Å². The Morgan fingerprint density at radius 3 is 2.75 bits per heavy atom. The van der Waals surface area contributed by atoms with Crippen LogP contribution in [0.3, 0.4) is 0 Å². The van der Waals surface area contributed by atoms with Crippen LogP contribution in [-0.2, 0) is 16.6 Å². The van der Waals surface area contributed by atoms with Gasteiger partial charge in [-0.1, -0.05) is 6.07 Å². The van der Waals surface area contributed by atoms with E-state index in [1.165, 1.54) is 18.3 Å². The number of amides is 1. The predicted molar refractivity (Wildman–Crippen MR) is 72.3 cm³/mol. The number of hydrogen-bond acceptors (Lipinski definition) is 4. The highest BCUT2D eigenvalue weighted by molar-refractivity contribution is 7.89. The third-order valence-electron chi connectivity index (χ3n) is 2.80. The molecule has 0 radical (unpaired) electrons. The SMILES string of the molecule is Cc1ccc(S(=O)(=O)NCc2ccn[nH]2)cc1C(N)=O. The molecule has 0 aliphatic heterocycles. The number of nitrogens with one attached hydrogen (secondary N) is 2. The molecule has 7 nitrogen and oxygen atoms in total. The highest BCUT2D eigenvalue weighted by Crippen LogP contribution is 2.15. The number of nitrogens with two attached hydrogens (primary N) is 1. The first-order valence-corrected chi connectivity index (χ1v) is 7.27. The summed E-state index contributed by atoms with van der Waals surface area (Å²) in [4.78, 5) is 11.2. The number of rotatable bonds is 5. The van der Waals surface area contributed by atoms with Gasteiger partial charge in [0.05, 0.1) is 17.1 Å². The van der Waals surface area contributed by atoms with Gasteiger partial charge in [-0.15, -0.1) is 0 Å². The Kier molecular flexibility index (Phi) is 3.86. The number of benzene rings is 1. The van der Waals surface area contributed by atoms with Crippen LogP contribution in [0.5, 0.6) is 0 Å². The van der Waals surface area contributed by atoms with Gasteiger partial charge in [0.25, 0.3) is 0 Å². The molecule has 0 atom stereocenters. The van der Waals surface area contributed by atoms with Crippen LogP contribution in [0.15, 0.2) is 35.4 Å². The molecule has 0 saturated heterocycles. The van der Waals surface area contributed by atoms with E-state index in [9.17, 15) is 13.2 Å². The molecule has 1 aromatic heterocycles. The van der Waals surface area contributed by atoms with Crippen molar-refractivity contribution in [3.8, 4) is 0 Å². The van der Waals surface area contributed by atoms with E-state index in [0.717, 1.165) is 0 Å². The molecule has 1 amide bonds. The number of sulfonamides is 1. The molecule has 0 fully saturated rings. The van der Waals surface area contributed by atoms with E-state index in [4.69, 9.17) is 5.73 Å². The summed E-state index contributed by atoms with van der Waals surface area (Å²) >= 11 is 0. The highest BCUT2D eigenvalue weighted by atomic mass is 32.2. The zero-order valence-electron chi connectivity index (χ0n) is 10.8. The monoisotopic (exact) mass is 294 g/mol. The van der Waals surface area contributed by atoms with E-state index in [1.807, 2.05) is 0 Å². The molecule has 0 spiro atoms. The van der Waals surface area contributed by atoms with Gasteiger partial charge in [-0.3, -0.25) is 9.89 Å². The van der Waals surface area contributed by atoms with Crippen LogP contribution in [0.4, 0.5) is 0 Å². The van der Waals surface area contributed by atoms with E-state index in [0.29, 0.717) is 11.3 Å². The number of carbonyl (C=O) groups is 1. The fraction of sp³-hybridized carbons (Fsp3) is 0.167. The molecule has 106 valence electrons. The summed E-state index contributed by atoms with van der Waals surface area (Å²) in [6.45, 7) is 1.77. The Bertz CT molecular complexity index is 723. The molecule has 8 heteroatoms. The quantitative estimate of drug-likeness (QED) is 0.734. The van der Waals surface area contributed by atoms with Crippen molar-refractivity contribution in [3.63, 3.8) is 0 Å². The normalized spacial score (nSPS) is 11.4. The standard InChI is InChI=1S/C12H14N4O3S/c1-8-2-3-10(6-11(8)12(13)17)20(18,19)15-7-9-4-5-14-16-9/h2-6,15H,7H2,1H3,(H2,13,17)(H,14,16). The van der Waals surface area contributed by atoms with Crippen molar-refractivity contribution in [3.05, 3.63) is 47.3 Å². The summed E-state index contributed by atoms with van der Waals surface area (Å²) in [7, 11) is -3.71. The maximum absolute atomic E-state index is 12.1. The highest BCUT2D eigenvalue weighted by Gasteiger charge is 2.17. The van der Waals surface area contributed by atoms with E-state index in [1.54, 1.807) is 19.1 Å². The zero-order chi connectivity index (χ0) is 14.8. The number of aryl methyl sites for hydroxylation is 1. The molecule has 0 unspecified atom stereocenters. The van der Waals surface area contributed by atoms with E-state index < -0.39 is 15.9 Å². The van der Waals surface area contributed by atoms with Crippen LogP contribution in [0.2, 0.25) is 0 Å². The van der Waals surface area contributed by atoms with Crippen molar-refractivity contribution in [1.29, 1.82) is 0 Å². The van der Waals surface area contributed by atoms with Crippen LogP contribution >= 0.6 is 0 Å². The third kappa shape index (κ3) is 3.03. The summed E-state index contributed by atoms with van der Waals surface area (Å²) in [5.41, 5.74) is 6.66. The van der Waals surface area contributed by atoms with Crippen LogP contribution in [0.25, 0.3) is 0 Å². The van der Waals surface area contributed by atoms with Gasteiger partial charge in [0.1, 0.15) is 0 Å². The van der Waals surface area contributed by atoms with Crippen LogP contribution in [0.1, 0.15) is 21.6 Å². The lowest BCUT2D eigenvalue weighted by molar-refractivity contribution is 0.0999. The fourth-order valence-corrected chi connectivity index (χ4v) is 2.71. The molecule has 0 bridgehead atoms. The molecule has 4 N–H and O–H groups in total. The van der Waals surface area contributed by atoms with Gasteiger partial charge in [-0.05, 0) is 30.7 Å². The second-order valence-electron chi connectivity index (χ2n) is 4.25. The fourth-order valence-electron chi connectivity index (χ4n) is 1.67. The van der Waals surface area contributed by atoms with E-state index >= 15 is 0 Å². The minimum atomic E-state index is -3.71. The van der Waals surface area contributed by atoms with Crippen molar-refractivity contribution >= 4 is 15.9 Å². The first kappa shape index (κ1) is 14.2. The lowest BCUT2D eigenvalue weighted by Gasteiger charge is -2.08. The van der Waals surface area contributed by atoms with Crippen molar-refractivity contribution in [2.45, 2.75) is 18.4 Å².